The number of hydrogen-bond acceptors (Lipinski definition) is 3. The Kier molecular flexibility index (Phi) is 4.92. The molecule has 0 spiro atoms. The number of hydrogen-bond donors (Lipinski definition) is 0. The monoisotopic (exact) mass is 361 g/mol. The van der Waals surface area contributed by atoms with Crippen LogP contribution in [-0.4, -0.2) is 42.9 Å². The molecule has 1 aromatic rings. The Morgan fingerprint density at radius 3 is 2.86 bits per heavy atom. The van der Waals surface area contributed by atoms with Crippen LogP contribution in [0.5, 0.6) is 0 Å². The summed E-state index contributed by atoms with van der Waals surface area (Å²) in [6.45, 7) is 1.32. The minimum atomic E-state index is -2.61. The Labute approximate surface area is 129 Å². The van der Waals surface area contributed by atoms with Crippen LogP contribution in [0.2, 0.25) is 0 Å². The summed E-state index contributed by atoms with van der Waals surface area (Å²) >= 11 is 3.22. The maximum Gasteiger partial charge on any atom is 0.325 e. The van der Waals surface area contributed by atoms with E-state index in [4.69, 9.17) is 4.74 Å². The highest BCUT2D eigenvalue weighted by atomic mass is 79.9. The third kappa shape index (κ3) is 3.40. The molecule has 1 atom stereocenters. The number of esters is 1. The van der Waals surface area contributed by atoms with Crippen LogP contribution in [0.1, 0.15) is 28.8 Å². The molecular weight excluding hydrogens is 348 g/mol. The summed E-state index contributed by atoms with van der Waals surface area (Å²) < 4.78 is 31.9. The lowest BCUT2D eigenvalue weighted by Crippen LogP contribution is -2.44. The van der Waals surface area contributed by atoms with E-state index in [0.717, 1.165) is 4.90 Å². The van der Waals surface area contributed by atoms with Crippen molar-refractivity contribution < 1.29 is 23.1 Å². The van der Waals surface area contributed by atoms with Crippen LogP contribution < -0.4 is 0 Å². The minimum Gasteiger partial charge on any atom is -0.465 e. The number of ether oxygens (including phenoxy) is 1. The minimum absolute atomic E-state index is 0.183. The molecule has 1 unspecified atom stereocenters. The highest BCUT2D eigenvalue weighted by Crippen LogP contribution is 2.34. The first-order valence-corrected chi connectivity index (χ1v) is 7.25. The van der Waals surface area contributed by atoms with E-state index in [-0.39, 0.29) is 25.3 Å². The van der Waals surface area contributed by atoms with Crippen molar-refractivity contribution in [1.29, 1.82) is 0 Å². The molecule has 0 radical (unpaired) electrons. The molecule has 1 aliphatic heterocycles. The number of alkyl halides is 2. The molecule has 0 aromatic heterocycles. The first-order chi connectivity index (χ1) is 9.93. The Morgan fingerprint density at radius 1 is 1.52 bits per heavy atom. The van der Waals surface area contributed by atoms with Crippen LogP contribution in [0.25, 0.3) is 0 Å². The van der Waals surface area contributed by atoms with E-state index in [1.807, 2.05) is 0 Å². The predicted octanol–water partition coefficient (Wildman–Crippen LogP) is 2.82. The highest BCUT2D eigenvalue weighted by molar-refractivity contribution is 9.10. The van der Waals surface area contributed by atoms with E-state index in [2.05, 4.69) is 15.9 Å². The lowest BCUT2D eigenvalue weighted by molar-refractivity contribution is -0.144. The van der Waals surface area contributed by atoms with Crippen LogP contribution >= 0.6 is 15.9 Å². The number of nitrogens with zero attached hydrogens (tertiary/aromatic N) is 1. The summed E-state index contributed by atoms with van der Waals surface area (Å²) in [5.74, 6) is -2.13. The fourth-order valence-electron chi connectivity index (χ4n) is 2.34. The molecule has 114 valence electrons. The quantitative estimate of drug-likeness (QED) is 0.774. The van der Waals surface area contributed by atoms with Gasteiger partial charge in [0.05, 0.1) is 12.5 Å². The van der Waals surface area contributed by atoms with Crippen molar-refractivity contribution in [2.75, 3.05) is 19.7 Å². The van der Waals surface area contributed by atoms with E-state index in [9.17, 15) is 18.4 Å². The van der Waals surface area contributed by atoms with Gasteiger partial charge in [-0.05, 0) is 30.7 Å². The van der Waals surface area contributed by atoms with E-state index < -0.39 is 24.2 Å². The molecule has 1 aromatic carbocycles. The molecule has 0 aliphatic carbocycles. The molecule has 0 N–H and O–H groups in total. The average Bonchev–Trinajstić information content (AvgIpc) is 2.41. The van der Waals surface area contributed by atoms with Crippen molar-refractivity contribution in [3.63, 3.8) is 0 Å². The van der Waals surface area contributed by atoms with Crippen molar-refractivity contribution >= 4 is 27.8 Å². The van der Waals surface area contributed by atoms with Gasteiger partial charge in [-0.3, -0.25) is 9.59 Å². The molecule has 7 heteroatoms. The number of benzene rings is 1. The molecule has 4 nitrogen and oxygen atoms in total. The van der Waals surface area contributed by atoms with Gasteiger partial charge in [0.15, 0.2) is 0 Å². The van der Waals surface area contributed by atoms with Gasteiger partial charge in [-0.15, -0.1) is 0 Å². The van der Waals surface area contributed by atoms with E-state index in [1.54, 1.807) is 13.0 Å². The van der Waals surface area contributed by atoms with Crippen molar-refractivity contribution in [1.82, 2.24) is 4.90 Å². The summed E-state index contributed by atoms with van der Waals surface area (Å²) in [5.41, 5.74) is 0.517. The lowest BCUT2D eigenvalue weighted by atomic mass is 9.89. The van der Waals surface area contributed by atoms with E-state index in [0.29, 0.717) is 10.0 Å². The predicted molar refractivity (Wildman–Crippen MR) is 75.4 cm³/mol. The Morgan fingerprint density at radius 2 is 2.24 bits per heavy atom. The summed E-state index contributed by atoms with van der Waals surface area (Å²) in [7, 11) is 0. The third-order valence-electron chi connectivity index (χ3n) is 3.28. The fourth-order valence-corrected chi connectivity index (χ4v) is 2.72. The molecule has 21 heavy (non-hydrogen) atoms. The average molecular weight is 362 g/mol. The second-order valence-electron chi connectivity index (χ2n) is 4.66. The van der Waals surface area contributed by atoms with Crippen LogP contribution in [-0.2, 0) is 9.53 Å². The van der Waals surface area contributed by atoms with Gasteiger partial charge in [-0.2, -0.15) is 0 Å². The number of halogens is 3. The fraction of sp³-hybridized carbons (Fsp3) is 0.429. The van der Waals surface area contributed by atoms with Gasteiger partial charge in [-0.25, -0.2) is 8.78 Å². The number of carbonyl (C=O) groups is 2. The normalized spacial score (nSPS) is 17.9. The summed E-state index contributed by atoms with van der Waals surface area (Å²) in [4.78, 5) is 24.9. The third-order valence-corrected chi connectivity index (χ3v) is 3.77. The molecule has 0 saturated heterocycles. The van der Waals surface area contributed by atoms with Gasteiger partial charge >= 0.3 is 5.97 Å². The summed E-state index contributed by atoms with van der Waals surface area (Å²) in [6.07, 6.45) is -2.61. The molecule has 1 heterocycles. The first-order valence-electron chi connectivity index (χ1n) is 6.46. The smallest absolute Gasteiger partial charge is 0.325 e. The van der Waals surface area contributed by atoms with Crippen LogP contribution in [0.15, 0.2) is 22.7 Å². The topological polar surface area (TPSA) is 46.6 Å². The van der Waals surface area contributed by atoms with Gasteiger partial charge in [-0.1, -0.05) is 15.9 Å². The van der Waals surface area contributed by atoms with E-state index >= 15 is 0 Å². The van der Waals surface area contributed by atoms with Crippen molar-refractivity contribution in [2.45, 2.75) is 19.3 Å². The zero-order valence-electron chi connectivity index (χ0n) is 11.3. The van der Waals surface area contributed by atoms with Crippen LogP contribution in [0, 0.1) is 0 Å². The maximum atomic E-state index is 13.2. The number of fused-ring (bicyclic) bond motifs is 1. The van der Waals surface area contributed by atoms with Crippen LogP contribution in [0.3, 0.4) is 0 Å². The standard InChI is InChI=1S/C14H14BrF2NO3/c1-2-21-12(19)7-18-6-11(13(16)17)10-5-8(15)3-4-9(10)14(18)20/h3-5,11,13H,2,6-7H2,1H3. The van der Waals surface area contributed by atoms with Crippen molar-refractivity contribution in [2.24, 2.45) is 0 Å². The summed E-state index contributed by atoms with van der Waals surface area (Å²) in [5, 5.41) is 0. The lowest BCUT2D eigenvalue weighted by Gasteiger charge is -2.33. The Hall–Kier alpha value is -1.50. The van der Waals surface area contributed by atoms with Gasteiger partial charge in [0.1, 0.15) is 6.54 Å². The largest absolute Gasteiger partial charge is 0.465 e. The Balaban J connectivity index is 2.31. The number of carbonyl (C=O) groups excluding carboxylic acids is 2. The molecule has 1 aliphatic rings. The van der Waals surface area contributed by atoms with Gasteiger partial charge < -0.3 is 9.64 Å². The number of amides is 1. The molecule has 0 bridgehead atoms. The van der Waals surface area contributed by atoms with Crippen molar-refractivity contribution in [3.05, 3.63) is 33.8 Å². The van der Waals surface area contributed by atoms with E-state index in [1.165, 1.54) is 12.1 Å². The zero-order valence-corrected chi connectivity index (χ0v) is 12.9. The van der Waals surface area contributed by atoms with Gasteiger partial charge in [0.2, 0.25) is 6.43 Å². The zero-order chi connectivity index (χ0) is 15.6. The number of rotatable bonds is 4. The Bertz CT molecular complexity index is 565. The first kappa shape index (κ1) is 15.9. The second kappa shape index (κ2) is 6.51. The molecular formula is C14H14BrF2NO3. The maximum absolute atomic E-state index is 13.2. The highest BCUT2D eigenvalue weighted by Gasteiger charge is 2.37. The molecule has 1 amide bonds. The molecule has 0 fully saturated rings. The van der Waals surface area contributed by atoms with Crippen LogP contribution in [0.4, 0.5) is 8.78 Å². The van der Waals surface area contributed by atoms with Gasteiger partial charge in [0.25, 0.3) is 5.91 Å². The molecule has 0 saturated carbocycles. The second-order valence-corrected chi connectivity index (χ2v) is 5.58. The SMILES string of the molecule is CCOC(=O)CN1CC(C(F)F)c2cc(Br)ccc2C1=O. The van der Waals surface area contributed by atoms with Crippen molar-refractivity contribution in [3.8, 4) is 0 Å². The van der Waals surface area contributed by atoms with Gasteiger partial charge in [0, 0.05) is 16.6 Å². The molecule has 2 rings (SSSR count). The summed E-state index contributed by atoms with van der Waals surface area (Å²) in [6, 6.07) is 4.65.